The summed E-state index contributed by atoms with van der Waals surface area (Å²) in [4.78, 5) is 0. The number of ether oxygens (including phenoxy) is 8. The van der Waals surface area contributed by atoms with Crippen molar-refractivity contribution < 1.29 is 78.7 Å². The SMILES string of the molecule is C[C@H]1CC[C@@]2(OC1)O[C@H]1C[C@H]3[C@@H]4CC=C5C[C@@H](O)C[C@@H](O[C@@H]6O[C@H](C)[C@H](O)[C@H](O[C@@H]7OC[C@@H](O)[C@H](O)[C@H]7O)[C@H]6O[C@@H]6O[C@@H](C)[C@H](O)[C@@H](O)[C@H]6O)[C@]5(C)[C@H]4CC[C@]3(C)[C@H]1[C@@H]2C. The summed E-state index contributed by atoms with van der Waals surface area (Å²) in [6.45, 7) is 12.8. The van der Waals surface area contributed by atoms with Crippen LogP contribution in [0.3, 0.4) is 0 Å². The van der Waals surface area contributed by atoms with Crippen molar-refractivity contribution in [2.45, 2.75) is 203 Å². The number of hydrogen-bond donors (Lipinski definition) is 8. The molecule has 5 saturated heterocycles. The van der Waals surface area contributed by atoms with Crippen LogP contribution >= 0.6 is 0 Å². The molecule has 16 nitrogen and oxygen atoms in total. The van der Waals surface area contributed by atoms with E-state index in [4.69, 9.17) is 37.9 Å². The molecule has 0 bridgehead atoms. The van der Waals surface area contributed by atoms with Gasteiger partial charge in [0.15, 0.2) is 24.7 Å². The van der Waals surface area contributed by atoms with E-state index in [-0.39, 0.29) is 36.4 Å². The third-order valence-electron chi connectivity index (χ3n) is 17.3. The van der Waals surface area contributed by atoms with Crippen LogP contribution in [0.5, 0.6) is 0 Å². The van der Waals surface area contributed by atoms with Crippen LogP contribution in [-0.4, -0.2) is 164 Å². The highest BCUT2D eigenvalue weighted by Crippen LogP contribution is 2.71. The molecule has 5 heterocycles. The molecule has 8 N–H and O–H groups in total. The first kappa shape index (κ1) is 44.3. The summed E-state index contributed by atoms with van der Waals surface area (Å²) in [6, 6.07) is 0. The largest absolute Gasteiger partial charge is 0.393 e. The Morgan fingerprint density at radius 3 is 2.12 bits per heavy atom. The molecule has 60 heavy (non-hydrogen) atoms. The van der Waals surface area contributed by atoms with E-state index in [1.807, 2.05) is 0 Å². The molecule has 0 unspecified atom stereocenters. The zero-order valence-electron chi connectivity index (χ0n) is 35.8. The number of aliphatic hydroxyl groups excluding tert-OH is 8. The van der Waals surface area contributed by atoms with Crippen molar-refractivity contribution in [3.63, 3.8) is 0 Å². The normalized spacial score (nSPS) is 59.2. The molecule has 9 aliphatic rings. The highest BCUT2D eigenvalue weighted by Gasteiger charge is 2.69. The molecule has 0 radical (unpaired) electrons. The van der Waals surface area contributed by atoms with Crippen molar-refractivity contribution in [2.24, 2.45) is 46.3 Å². The minimum Gasteiger partial charge on any atom is -0.393 e. The van der Waals surface area contributed by atoms with Gasteiger partial charge < -0.3 is 78.7 Å². The van der Waals surface area contributed by atoms with Crippen molar-refractivity contribution in [3.8, 4) is 0 Å². The Labute approximate surface area is 352 Å². The van der Waals surface area contributed by atoms with Crippen LogP contribution in [0.25, 0.3) is 0 Å². The van der Waals surface area contributed by atoms with E-state index in [0.29, 0.717) is 30.1 Å². The fraction of sp³-hybridized carbons (Fsp3) is 0.955. The highest BCUT2D eigenvalue weighted by molar-refractivity contribution is 5.29. The van der Waals surface area contributed by atoms with Gasteiger partial charge in [0, 0.05) is 24.2 Å². The van der Waals surface area contributed by atoms with Gasteiger partial charge >= 0.3 is 0 Å². The van der Waals surface area contributed by atoms with Crippen molar-refractivity contribution in [2.75, 3.05) is 13.2 Å². The molecule has 0 aromatic rings. The van der Waals surface area contributed by atoms with Gasteiger partial charge in [0.05, 0.1) is 43.7 Å². The molecule has 1 spiro atoms. The predicted octanol–water partition coefficient (Wildman–Crippen LogP) is 0.852. The topological polar surface area (TPSA) is 236 Å². The summed E-state index contributed by atoms with van der Waals surface area (Å²) in [6.07, 6.45) is -12.0. The molecule has 0 amide bonds. The second-order valence-electron chi connectivity index (χ2n) is 20.7. The highest BCUT2D eigenvalue weighted by atomic mass is 16.8. The second kappa shape index (κ2) is 16.2. The summed E-state index contributed by atoms with van der Waals surface area (Å²) >= 11 is 0. The van der Waals surface area contributed by atoms with Crippen molar-refractivity contribution >= 4 is 0 Å². The Hall–Kier alpha value is -0.900. The van der Waals surface area contributed by atoms with Gasteiger partial charge in [-0.2, -0.15) is 0 Å². The van der Waals surface area contributed by atoms with Crippen LogP contribution in [0, 0.1) is 46.3 Å². The van der Waals surface area contributed by atoms with Gasteiger partial charge in [-0.1, -0.05) is 39.3 Å². The van der Waals surface area contributed by atoms with E-state index >= 15 is 0 Å². The van der Waals surface area contributed by atoms with Crippen LogP contribution in [0.4, 0.5) is 0 Å². The standard InChI is InChI=1S/C44H70O16/c1-18-9-12-44(54-16-18)19(2)30-28(60-44)15-26-24-8-7-22-13-23(45)14-29(43(22,6)25(24)10-11-42(26,30)5)57-41-38(59-40-36(52)34(50)31(47)20(3)55-40)37(32(48)21(4)56-41)58-39-35(51)33(49)27(46)17-53-39/h7,18-21,23-41,45-52H,8-17H2,1-6H3/t18-,19-,20-,21+,23+,24+,25-,26-,27+,28-,29+,30-,31-,32-,33-,34+,35+,36+,37-,38+,39-,40-,41-,42-,43-,44+/m0/s1. The quantitative estimate of drug-likeness (QED) is 0.173. The van der Waals surface area contributed by atoms with Gasteiger partial charge in [0.1, 0.15) is 54.9 Å². The summed E-state index contributed by atoms with van der Waals surface area (Å²) in [5.74, 6) is 1.67. The zero-order valence-corrected chi connectivity index (χ0v) is 35.8. The fourth-order valence-corrected chi connectivity index (χ4v) is 13.8. The lowest BCUT2D eigenvalue weighted by atomic mass is 9.46. The summed E-state index contributed by atoms with van der Waals surface area (Å²) < 4.78 is 51.1. The molecular weight excluding hydrogens is 784 g/mol. The van der Waals surface area contributed by atoms with E-state index in [1.54, 1.807) is 6.92 Å². The smallest absolute Gasteiger partial charge is 0.187 e. The molecule has 0 aromatic heterocycles. The number of hydrogen-bond acceptors (Lipinski definition) is 16. The Morgan fingerprint density at radius 1 is 0.683 bits per heavy atom. The fourth-order valence-electron chi connectivity index (χ4n) is 13.8. The first-order valence-corrected chi connectivity index (χ1v) is 22.7. The number of fused-ring (bicyclic) bond motifs is 7. The van der Waals surface area contributed by atoms with Gasteiger partial charge in [-0.25, -0.2) is 0 Å². The van der Waals surface area contributed by atoms with Crippen LogP contribution < -0.4 is 0 Å². The summed E-state index contributed by atoms with van der Waals surface area (Å²) in [7, 11) is 0. The zero-order chi connectivity index (χ0) is 42.8. The number of aliphatic hydroxyl groups is 8. The van der Waals surface area contributed by atoms with Gasteiger partial charge in [-0.3, -0.25) is 0 Å². The minimum absolute atomic E-state index is 0.0699. The minimum atomic E-state index is -1.72. The number of allylic oxidation sites excluding steroid dienone is 1. The second-order valence-corrected chi connectivity index (χ2v) is 20.7. The van der Waals surface area contributed by atoms with Crippen LogP contribution in [0.1, 0.15) is 92.9 Å². The maximum absolute atomic E-state index is 11.6. The maximum Gasteiger partial charge on any atom is 0.187 e. The monoisotopic (exact) mass is 854 g/mol. The lowest BCUT2D eigenvalue weighted by molar-refractivity contribution is -0.391. The molecular formula is C44H70O16. The average Bonchev–Trinajstić information content (AvgIpc) is 3.66. The Morgan fingerprint density at radius 2 is 1.38 bits per heavy atom. The molecule has 16 heteroatoms. The Kier molecular flexibility index (Phi) is 12.0. The first-order chi connectivity index (χ1) is 28.4. The Bertz CT molecular complexity index is 1580. The number of rotatable bonds is 6. The molecule has 4 aliphatic carbocycles. The van der Waals surface area contributed by atoms with E-state index < -0.39 is 109 Å². The summed E-state index contributed by atoms with van der Waals surface area (Å²) in [5.41, 5.74) is 0.681. The van der Waals surface area contributed by atoms with E-state index in [0.717, 1.165) is 50.7 Å². The van der Waals surface area contributed by atoms with E-state index in [9.17, 15) is 40.9 Å². The van der Waals surface area contributed by atoms with Gasteiger partial charge in [-0.15, -0.1) is 0 Å². The van der Waals surface area contributed by atoms with Crippen LogP contribution in [0.15, 0.2) is 11.6 Å². The van der Waals surface area contributed by atoms with Crippen molar-refractivity contribution in [1.82, 2.24) is 0 Å². The van der Waals surface area contributed by atoms with Gasteiger partial charge in [0.25, 0.3) is 0 Å². The van der Waals surface area contributed by atoms with Crippen molar-refractivity contribution in [3.05, 3.63) is 11.6 Å². The molecule has 342 valence electrons. The Balaban J connectivity index is 1.01. The third-order valence-corrected chi connectivity index (χ3v) is 17.3. The molecule has 3 saturated carbocycles. The van der Waals surface area contributed by atoms with Gasteiger partial charge in [-0.05, 0) is 87.4 Å². The molecule has 8 fully saturated rings. The lowest BCUT2D eigenvalue weighted by Gasteiger charge is -2.60. The predicted molar refractivity (Wildman–Crippen MR) is 208 cm³/mol. The van der Waals surface area contributed by atoms with Crippen molar-refractivity contribution in [1.29, 1.82) is 0 Å². The van der Waals surface area contributed by atoms with Crippen LogP contribution in [0.2, 0.25) is 0 Å². The lowest BCUT2D eigenvalue weighted by Crippen LogP contribution is -2.66. The third kappa shape index (κ3) is 7.01. The van der Waals surface area contributed by atoms with Gasteiger partial charge in [0.2, 0.25) is 0 Å². The molecule has 9 rings (SSSR count). The first-order valence-electron chi connectivity index (χ1n) is 22.7. The molecule has 5 aliphatic heterocycles. The van der Waals surface area contributed by atoms with E-state index in [2.05, 4.69) is 33.8 Å². The van der Waals surface area contributed by atoms with E-state index in [1.165, 1.54) is 6.92 Å². The maximum atomic E-state index is 11.6. The molecule has 0 aromatic carbocycles. The average molecular weight is 855 g/mol. The van der Waals surface area contributed by atoms with Crippen LogP contribution in [-0.2, 0) is 37.9 Å². The summed E-state index contributed by atoms with van der Waals surface area (Å²) in [5, 5.41) is 86.8. The molecule has 26 atom stereocenters.